The number of nitrogens with zero attached hydrogens (tertiary/aromatic N) is 3. The molecule has 0 radical (unpaired) electrons. The Balaban J connectivity index is 1.61. The first kappa shape index (κ1) is 20.5. The number of methoxy groups -OCH3 is 1. The number of hydrazone groups is 1. The van der Waals surface area contributed by atoms with Crippen LogP contribution >= 0.6 is 11.3 Å². The summed E-state index contributed by atoms with van der Waals surface area (Å²) < 4.78 is 24.9. The van der Waals surface area contributed by atoms with Gasteiger partial charge in [0.05, 0.1) is 23.5 Å². The number of para-hydroxylation sites is 1. The lowest BCUT2D eigenvalue weighted by Crippen LogP contribution is -2.30. The lowest BCUT2D eigenvalue weighted by Gasteiger charge is -2.14. The fraction of sp³-hybridized carbons (Fsp3) is 0.0870. The molecule has 3 aromatic carbocycles. The summed E-state index contributed by atoms with van der Waals surface area (Å²) >= 11 is 1.18. The monoisotopic (exact) mass is 435 g/mol. The molecule has 0 atom stereocenters. The lowest BCUT2D eigenvalue weighted by molar-refractivity contribution is -0.120. The highest BCUT2D eigenvalue weighted by molar-refractivity contribution is 7.22. The maximum absolute atomic E-state index is 13.6. The van der Waals surface area contributed by atoms with Gasteiger partial charge in [0.25, 0.3) is 5.91 Å². The van der Waals surface area contributed by atoms with Crippen LogP contribution in [0.1, 0.15) is 5.56 Å². The summed E-state index contributed by atoms with van der Waals surface area (Å²) in [6, 6.07) is 20.5. The zero-order valence-electron chi connectivity index (χ0n) is 16.6. The quantitative estimate of drug-likeness (QED) is 0.306. The van der Waals surface area contributed by atoms with Crippen LogP contribution in [0.4, 0.5) is 9.52 Å². The van der Waals surface area contributed by atoms with Gasteiger partial charge in [-0.2, -0.15) is 10.1 Å². The van der Waals surface area contributed by atoms with Crippen LogP contribution in [0.15, 0.2) is 77.9 Å². The van der Waals surface area contributed by atoms with Crippen molar-refractivity contribution < 1.29 is 18.7 Å². The van der Waals surface area contributed by atoms with Crippen LogP contribution in [0, 0.1) is 5.82 Å². The van der Waals surface area contributed by atoms with Crippen LogP contribution in [-0.4, -0.2) is 30.8 Å². The van der Waals surface area contributed by atoms with E-state index in [-0.39, 0.29) is 12.4 Å². The number of fused-ring (bicyclic) bond motifs is 1. The Bertz CT molecular complexity index is 1210. The predicted molar refractivity (Wildman–Crippen MR) is 120 cm³/mol. The largest absolute Gasteiger partial charge is 0.497 e. The number of thiazole rings is 1. The van der Waals surface area contributed by atoms with Crippen molar-refractivity contribution in [2.24, 2.45) is 5.10 Å². The molecule has 4 rings (SSSR count). The SMILES string of the molecule is COc1ccc(/C=N/N(C(=O)COc2ccccc2)c2nc3ccc(F)cc3s2)cc1. The second-order valence-corrected chi connectivity index (χ2v) is 7.44. The van der Waals surface area contributed by atoms with Crippen molar-refractivity contribution in [3.8, 4) is 11.5 Å². The van der Waals surface area contributed by atoms with Gasteiger partial charge < -0.3 is 9.47 Å². The Morgan fingerprint density at radius 1 is 1.10 bits per heavy atom. The Hall–Kier alpha value is -3.78. The minimum absolute atomic E-state index is 0.228. The zero-order chi connectivity index (χ0) is 21.6. The van der Waals surface area contributed by atoms with Gasteiger partial charge in [-0.15, -0.1) is 0 Å². The third-order valence-corrected chi connectivity index (χ3v) is 5.29. The van der Waals surface area contributed by atoms with E-state index in [2.05, 4.69) is 10.1 Å². The normalized spacial score (nSPS) is 11.0. The summed E-state index contributed by atoms with van der Waals surface area (Å²) in [5, 5.41) is 5.84. The summed E-state index contributed by atoms with van der Waals surface area (Å²) in [5.41, 5.74) is 1.36. The second-order valence-electron chi connectivity index (χ2n) is 6.43. The predicted octanol–water partition coefficient (Wildman–Crippen LogP) is 4.89. The van der Waals surface area contributed by atoms with Crippen LogP contribution in [0.2, 0.25) is 0 Å². The molecule has 1 amide bonds. The summed E-state index contributed by atoms with van der Waals surface area (Å²) in [7, 11) is 1.59. The van der Waals surface area contributed by atoms with Gasteiger partial charge in [-0.05, 0) is 60.2 Å². The summed E-state index contributed by atoms with van der Waals surface area (Å²) in [6.45, 7) is -0.228. The third kappa shape index (κ3) is 5.04. The van der Waals surface area contributed by atoms with Crippen molar-refractivity contribution in [3.05, 3.63) is 84.2 Å². The molecule has 1 heterocycles. The zero-order valence-corrected chi connectivity index (χ0v) is 17.4. The Morgan fingerprint density at radius 2 is 1.87 bits per heavy atom. The van der Waals surface area contributed by atoms with Gasteiger partial charge in [0.1, 0.15) is 17.3 Å². The number of amides is 1. The van der Waals surface area contributed by atoms with Gasteiger partial charge in [-0.1, -0.05) is 29.5 Å². The Kier molecular flexibility index (Phi) is 6.18. The minimum atomic E-state index is -0.409. The standard InChI is InChI=1S/C23H18FN3O3S/c1-29-18-10-7-16(8-11-18)14-25-27(22(28)15-30-19-5-3-2-4-6-19)23-26-20-12-9-17(24)13-21(20)31-23/h2-14H,15H2,1H3/b25-14+. The smallest absolute Gasteiger partial charge is 0.287 e. The molecule has 0 aliphatic carbocycles. The molecule has 1 aromatic heterocycles. The van der Waals surface area contributed by atoms with E-state index in [1.807, 2.05) is 30.3 Å². The van der Waals surface area contributed by atoms with Crippen LogP contribution in [-0.2, 0) is 4.79 Å². The molecule has 156 valence electrons. The van der Waals surface area contributed by atoms with Crippen molar-refractivity contribution in [2.45, 2.75) is 0 Å². The van der Waals surface area contributed by atoms with Gasteiger partial charge in [0, 0.05) is 0 Å². The molecule has 0 fully saturated rings. The summed E-state index contributed by atoms with van der Waals surface area (Å²) in [4.78, 5) is 17.4. The fourth-order valence-electron chi connectivity index (χ4n) is 2.73. The molecule has 8 heteroatoms. The number of carbonyl (C=O) groups is 1. The number of hydrogen-bond donors (Lipinski definition) is 0. The maximum atomic E-state index is 13.6. The Labute approximate surface area is 182 Å². The first-order valence-electron chi connectivity index (χ1n) is 9.37. The first-order valence-corrected chi connectivity index (χ1v) is 10.2. The second kappa shape index (κ2) is 9.36. The number of aromatic nitrogens is 1. The molecule has 0 saturated carbocycles. The molecule has 0 N–H and O–H groups in total. The van der Waals surface area contributed by atoms with E-state index in [1.165, 1.54) is 28.5 Å². The van der Waals surface area contributed by atoms with Gasteiger partial charge in [0.2, 0.25) is 5.13 Å². The van der Waals surface area contributed by atoms with Crippen molar-refractivity contribution in [3.63, 3.8) is 0 Å². The van der Waals surface area contributed by atoms with Gasteiger partial charge in [0.15, 0.2) is 6.61 Å². The average molecular weight is 435 g/mol. The van der Waals surface area contributed by atoms with Crippen LogP contribution < -0.4 is 14.5 Å². The van der Waals surface area contributed by atoms with E-state index in [0.29, 0.717) is 21.1 Å². The molecule has 4 aromatic rings. The highest BCUT2D eigenvalue weighted by Gasteiger charge is 2.20. The molecule has 0 aliphatic heterocycles. The van der Waals surface area contributed by atoms with Crippen molar-refractivity contribution in [1.29, 1.82) is 0 Å². The fourth-order valence-corrected chi connectivity index (χ4v) is 3.70. The highest BCUT2D eigenvalue weighted by Crippen LogP contribution is 2.30. The number of anilines is 1. The number of rotatable bonds is 7. The molecule has 0 aliphatic rings. The summed E-state index contributed by atoms with van der Waals surface area (Å²) in [6.07, 6.45) is 1.55. The highest BCUT2D eigenvalue weighted by atomic mass is 32.1. The molecule has 0 bridgehead atoms. The van der Waals surface area contributed by atoms with E-state index in [0.717, 1.165) is 11.3 Å². The minimum Gasteiger partial charge on any atom is -0.497 e. The molecular formula is C23H18FN3O3S. The number of carbonyl (C=O) groups excluding carboxylic acids is 1. The van der Waals surface area contributed by atoms with E-state index in [4.69, 9.17) is 9.47 Å². The molecule has 0 saturated heterocycles. The van der Waals surface area contributed by atoms with Gasteiger partial charge in [-0.25, -0.2) is 9.37 Å². The number of benzene rings is 3. The van der Waals surface area contributed by atoms with E-state index in [1.54, 1.807) is 43.7 Å². The van der Waals surface area contributed by atoms with E-state index in [9.17, 15) is 9.18 Å². The first-order chi connectivity index (χ1) is 15.1. The van der Waals surface area contributed by atoms with Gasteiger partial charge in [-0.3, -0.25) is 4.79 Å². The van der Waals surface area contributed by atoms with Gasteiger partial charge >= 0.3 is 0 Å². The topological polar surface area (TPSA) is 64.0 Å². The molecular weight excluding hydrogens is 417 g/mol. The van der Waals surface area contributed by atoms with Crippen LogP contribution in [0.5, 0.6) is 11.5 Å². The van der Waals surface area contributed by atoms with Crippen molar-refractivity contribution in [1.82, 2.24) is 4.98 Å². The van der Waals surface area contributed by atoms with Crippen LogP contribution in [0.25, 0.3) is 10.2 Å². The average Bonchev–Trinajstić information content (AvgIpc) is 3.21. The third-order valence-electron chi connectivity index (χ3n) is 4.30. The molecule has 0 unspecified atom stereocenters. The Morgan fingerprint density at radius 3 is 2.61 bits per heavy atom. The van der Waals surface area contributed by atoms with E-state index < -0.39 is 5.91 Å². The van der Waals surface area contributed by atoms with Crippen molar-refractivity contribution in [2.75, 3.05) is 18.7 Å². The number of halogens is 1. The van der Waals surface area contributed by atoms with E-state index >= 15 is 0 Å². The molecule has 31 heavy (non-hydrogen) atoms. The summed E-state index contributed by atoms with van der Waals surface area (Å²) in [5.74, 6) is 0.513. The molecule has 0 spiro atoms. The lowest BCUT2D eigenvalue weighted by atomic mass is 10.2. The maximum Gasteiger partial charge on any atom is 0.287 e. The van der Waals surface area contributed by atoms with Crippen LogP contribution in [0.3, 0.4) is 0 Å². The number of hydrogen-bond acceptors (Lipinski definition) is 6. The number of ether oxygens (including phenoxy) is 2. The molecule has 6 nitrogen and oxygen atoms in total. The van der Waals surface area contributed by atoms with Crippen molar-refractivity contribution >= 4 is 38.8 Å².